The highest BCUT2D eigenvalue weighted by atomic mass is 16.5. The molecule has 1 aromatic heterocycles. The lowest BCUT2D eigenvalue weighted by molar-refractivity contribution is -0.127. The summed E-state index contributed by atoms with van der Waals surface area (Å²) < 4.78 is 16.1. The molecule has 0 unspecified atom stereocenters. The maximum absolute atomic E-state index is 12.9. The molecule has 0 aliphatic carbocycles. The maximum Gasteiger partial charge on any atom is 0.249 e. The molecule has 7 nitrogen and oxygen atoms in total. The second-order valence-electron chi connectivity index (χ2n) is 7.46. The predicted molar refractivity (Wildman–Crippen MR) is 117 cm³/mol. The van der Waals surface area contributed by atoms with E-state index in [9.17, 15) is 4.79 Å². The largest absolute Gasteiger partial charge is 0.493 e. The molecule has 0 N–H and O–H groups in total. The summed E-state index contributed by atoms with van der Waals surface area (Å²) >= 11 is 0. The number of methoxy groups -OCH3 is 2. The molecule has 2 heterocycles. The number of aryl methyl sites for hydroxylation is 1. The highest BCUT2D eigenvalue weighted by Crippen LogP contribution is 2.33. The first kappa shape index (κ1) is 20.7. The predicted octanol–water partition coefficient (Wildman–Crippen LogP) is 4.44. The zero-order chi connectivity index (χ0) is 21.8. The number of likely N-dealkylation sites (tertiary alicyclic amines) is 1. The van der Waals surface area contributed by atoms with E-state index < -0.39 is 0 Å². The second-order valence-corrected chi connectivity index (χ2v) is 7.46. The first-order chi connectivity index (χ1) is 15.1. The number of hydrogen-bond acceptors (Lipinski definition) is 6. The third-order valence-electron chi connectivity index (χ3n) is 5.36. The smallest absolute Gasteiger partial charge is 0.249 e. The van der Waals surface area contributed by atoms with Gasteiger partial charge in [-0.2, -0.15) is 4.98 Å². The number of rotatable bonds is 6. The molecular weight excluding hydrogens is 394 g/mol. The van der Waals surface area contributed by atoms with Gasteiger partial charge in [-0.3, -0.25) is 4.79 Å². The van der Waals surface area contributed by atoms with Crippen LogP contribution in [0.25, 0.3) is 17.5 Å². The minimum Gasteiger partial charge on any atom is -0.493 e. The van der Waals surface area contributed by atoms with Crippen LogP contribution >= 0.6 is 0 Å². The van der Waals surface area contributed by atoms with E-state index in [0.29, 0.717) is 29.8 Å². The molecule has 0 spiro atoms. The molecule has 2 aromatic carbocycles. The molecule has 1 fully saturated rings. The van der Waals surface area contributed by atoms with Crippen LogP contribution in [0.2, 0.25) is 0 Å². The van der Waals surface area contributed by atoms with Gasteiger partial charge in [0.05, 0.1) is 14.2 Å². The molecule has 31 heavy (non-hydrogen) atoms. The molecule has 4 rings (SSSR count). The summed E-state index contributed by atoms with van der Waals surface area (Å²) in [5.74, 6) is 2.19. The van der Waals surface area contributed by atoms with E-state index in [0.717, 1.165) is 29.5 Å². The zero-order valence-corrected chi connectivity index (χ0v) is 17.9. The Morgan fingerprint density at radius 3 is 2.77 bits per heavy atom. The van der Waals surface area contributed by atoms with Crippen LogP contribution in [-0.2, 0) is 4.79 Å². The van der Waals surface area contributed by atoms with Gasteiger partial charge in [0.2, 0.25) is 17.6 Å². The fourth-order valence-corrected chi connectivity index (χ4v) is 3.78. The molecule has 1 atom stereocenters. The quantitative estimate of drug-likeness (QED) is 0.550. The highest BCUT2D eigenvalue weighted by molar-refractivity contribution is 5.92. The summed E-state index contributed by atoms with van der Waals surface area (Å²) in [5, 5.41) is 4.13. The number of hydrogen-bond donors (Lipinski definition) is 0. The molecule has 1 amide bonds. The molecule has 7 heteroatoms. The van der Waals surface area contributed by atoms with Crippen LogP contribution in [0, 0.1) is 6.92 Å². The average Bonchev–Trinajstić information content (AvgIpc) is 3.47. The summed E-state index contributed by atoms with van der Waals surface area (Å²) in [6.07, 6.45) is 5.03. The van der Waals surface area contributed by atoms with Gasteiger partial charge < -0.3 is 18.9 Å². The molecule has 0 radical (unpaired) electrons. The van der Waals surface area contributed by atoms with Gasteiger partial charge in [0.15, 0.2) is 11.5 Å². The summed E-state index contributed by atoms with van der Waals surface area (Å²) in [7, 11) is 3.17. The van der Waals surface area contributed by atoms with Crippen LogP contribution in [0.15, 0.2) is 53.1 Å². The molecule has 1 aliphatic heterocycles. The molecule has 1 saturated heterocycles. The number of benzene rings is 2. The van der Waals surface area contributed by atoms with Crippen LogP contribution < -0.4 is 9.47 Å². The standard InChI is InChI=1S/C24H25N3O4/c1-16-6-4-7-18(14-16)23-25-24(31-26-23)19-8-5-13-27(19)22(28)12-10-17-9-11-20(29-2)21(15-17)30-3/h4,6-7,9-12,14-15,19H,5,8,13H2,1-3H3/b12-10+/t19-/m1/s1. The summed E-state index contributed by atoms with van der Waals surface area (Å²) in [6, 6.07) is 13.2. The van der Waals surface area contributed by atoms with E-state index in [2.05, 4.69) is 10.1 Å². The lowest BCUT2D eigenvalue weighted by Crippen LogP contribution is -2.29. The van der Waals surface area contributed by atoms with Crippen molar-refractivity contribution in [1.82, 2.24) is 15.0 Å². The molecule has 0 saturated carbocycles. The number of carbonyl (C=O) groups excluding carboxylic acids is 1. The maximum atomic E-state index is 12.9. The van der Waals surface area contributed by atoms with Crippen molar-refractivity contribution in [2.75, 3.05) is 20.8 Å². The first-order valence-electron chi connectivity index (χ1n) is 10.2. The van der Waals surface area contributed by atoms with Gasteiger partial charge in [-0.25, -0.2) is 0 Å². The number of nitrogens with zero attached hydrogens (tertiary/aromatic N) is 3. The van der Waals surface area contributed by atoms with Crippen LogP contribution in [0.5, 0.6) is 11.5 Å². The number of carbonyl (C=O) groups is 1. The van der Waals surface area contributed by atoms with Gasteiger partial charge in [0, 0.05) is 18.2 Å². The van der Waals surface area contributed by atoms with E-state index in [1.165, 1.54) is 0 Å². The third kappa shape index (κ3) is 4.45. The average molecular weight is 419 g/mol. The van der Waals surface area contributed by atoms with Gasteiger partial charge in [-0.15, -0.1) is 0 Å². The van der Waals surface area contributed by atoms with Crippen molar-refractivity contribution >= 4 is 12.0 Å². The Bertz CT molecular complexity index is 1110. The number of amides is 1. The monoisotopic (exact) mass is 419 g/mol. The minimum atomic E-state index is -0.214. The number of aromatic nitrogens is 2. The molecule has 3 aromatic rings. The van der Waals surface area contributed by atoms with Crippen LogP contribution in [0.1, 0.15) is 35.9 Å². The highest BCUT2D eigenvalue weighted by Gasteiger charge is 2.33. The van der Waals surface area contributed by atoms with Gasteiger partial charge in [-0.1, -0.05) is 35.0 Å². The van der Waals surface area contributed by atoms with E-state index in [1.807, 2.05) is 49.4 Å². The van der Waals surface area contributed by atoms with Crippen molar-refractivity contribution in [2.24, 2.45) is 0 Å². The lowest BCUT2D eigenvalue weighted by atomic mass is 10.1. The third-order valence-corrected chi connectivity index (χ3v) is 5.36. The topological polar surface area (TPSA) is 77.7 Å². The van der Waals surface area contributed by atoms with Crippen molar-refractivity contribution in [2.45, 2.75) is 25.8 Å². The first-order valence-corrected chi connectivity index (χ1v) is 10.2. The summed E-state index contributed by atoms with van der Waals surface area (Å²) in [4.78, 5) is 19.2. The zero-order valence-electron chi connectivity index (χ0n) is 17.9. The normalized spacial score (nSPS) is 16.1. The molecular formula is C24H25N3O4. The van der Waals surface area contributed by atoms with Gasteiger partial charge in [0.25, 0.3) is 0 Å². The van der Waals surface area contributed by atoms with E-state index in [1.54, 1.807) is 31.3 Å². The summed E-state index contributed by atoms with van der Waals surface area (Å²) in [5.41, 5.74) is 2.88. The Morgan fingerprint density at radius 1 is 1.16 bits per heavy atom. The Labute approximate surface area is 181 Å². The van der Waals surface area contributed by atoms with E-state index in [-0.39, 0.29) is 11.9 Å². The number of ether oxygens (including phenoxy) is 2. The Morgan fingerprint density at radius 2 is 2.00 bits per heavy atom. The molecule has 160 valence electrons. The van der Waals surface area contributed by atoms with E-state index in [4.69, 9.17) is 14.0 Å². The molecule has 0 bridgehead atoms. The summed E-state index contributed by atoms with van der Waals surface area (Å²) in [6.45, 7) is 2.68. The van der Waals surface area contributed by atoms with Crippen LogP contribution in [0.4, 0.5) is 0 Å². The van der Waals surface area contributed by atoms with Crippen LogP contribution in [0.3, 0.4) is 0 Å². The second kappa shape index (κ2) is 9.04. The van der Waals surface area contributed by atoms with E-state index >= 15 is 0 Å². The van der Waals surface area contributed by atoms with Gasteiger partial charge >= 0.3 is 0 Å². The van der Waals surface area contributed by atoms with Crippen molar-refractivity contribution < 1.29 is 18.8 Å². The van der Waals surface area contributed by atoms with Gasteiger partial charge in [-0.05, 0) is 49.6 Å². The fourth-order valence-electron chi connectivity index (χ4n) is 3.78. The van der Waals surface area contributed by atoms with Crippen LogP contribution in [-0.4, -0.2) is 41.7 Å². The van der Waals surface area contributed by atoms with Crippen molar-refractivity contribution in [1.29, 1.82) is 0 Å². The Hall–Kier alpha value is -3.61. The van der Waals surface area contributed by atoms with Crippen molar-refractivity contribution in [3.8, 4) is 22.9 Å². The van der Waals surface area contributed by atoms with Crippen molar-refractivity contribution in [3.05, 3.63) is 65.6 Å². The van der Waals surface area contributed by atoms with Crippen molar-refractivity contribution in [3.63, 3.8) is 0 Å². The SMILES string of the molecule is COc1ccc(/C=C/C(=O)N2CCC[C@@H]2c2nc(-c3cccc(C)c3)no2)cc1OC. The fraction of sp³-hybridized carbons (Fsp3) is 0.292. The van der Waals surface area contributed by atoms with Gasteiger partial charge in [0.1, 0.15) is 6.04 Å². The lowest BCUT2D eigenvalue weighted by Gasteiger charge is -2.20. The minimum absolute atomic E-state index is 0.0902. The Balaban J connectivity index is 1.50. The molecule has 1 aliphatic rings. The Kier molecular flexibility index (Phi) is 6.02.